The number of rotatable bonds is 7. The molecular weight excluding hydrogens is 458 g/mol. The van der Waals surface area contributed by atoms with Crippen LogP contribution in [0.2, 0.25) is 10.0 Å². The Morgan fingerprint density at radius 2 is 1.79 bits per heavy atom. The predicted molar refractivity (Wildman–Crippen MR) is 104 cm³/mol. The zero-order valence-electron chi connectivity index (χ0n) is 15.6. The normalized spacial score (nSPS) is 12.9. The molecule has 0 unspecified atom stereocenters. The maximum absolute atomic E-state index is 14.4. The van der Waals surface area contributed by atoms with Gasteiger partial charge in [-0.1, -0.05) is 23.2 Å². The van der Waals surface area contributed by atoms with Crippen molar-refractivity contribution >= 4 is 36.9 Å². The third kappa shape index (κ3) is 5.41. The third-order valence-electron chi connectivity index (χ3n) is 3.65. The molecule has 160 valence electrons. The van der Waals surface area contributed by atoms with Crippen molar-refractivity contribution in [2.75, 3.05) is 13.2 Å². The highest BCUT2D eigenvalue weighted by Gasteiger charge is 2.39. The Balaban J connectivity index is 2.56. The van der Waals surface area contributed by atoms with Crippen molar-refractivity contribution < 1.29 is 31.2 Å². The summed E-state index contributed by atoms with van der Waals surface area (Å²) in [5, 5.41) is 2.89. The van der Waals surface area contributed by atoms with Crippen LogP contribution in [0.25, 0.3) is 17.3 Å². The first-order valence-electron chi connectivity index (χ1n) is 8.30. The molecule has 12 heteroatoms. The molecule has 0 radical (unpaired) electrons. The van der Waals surface area contributed by atoms with Crippen LogP contribution in [-0.4, -0.2) is 23.0 Å². The second kappa shape index (κ2) is 9.18. The number of hydrogen-bond acceptors (Lipinski definition) is 4. The maximum atomic E-state index is 14.4. The SMILES string of the molecule is CCOP(=O)(C=Cc1cc(-c2nn(C)c(C(F)(F)F)c2Cl)c(F)cc1Cl)OCC. The van der Waals surface area contributed by atoms with Crippen LogP contribution in [0.5, 0.6) is 0 Å². The Bertz CT molecular complexity index is 967. The van der Waals surface area contributed by atoms with E-state index < -0.39 is 36.0 Å². The van der Waals surface area contributed by atoms with E-state index in [4.69, 9.17) is 32.2 Å². The summed E-state index contributed by atoms with van der Waals surface area (Å²) < 4.78 is 77.2. The van der Waals surface area contributed by atoms with Crippen LogP contribution >= 0.6 is 30.8 Å². The topological polar surface area (TPSA) is 53.3 Å². The van der Waals surface area contributed by atoms with Crippen LogP contribution in [0.15, 0.2) is 17.9 Å². The molecule has 29 heavy (non-hydrogen) atoms. The number of nitrogens with zero attached hydrogens (tertiary/aromatic N) is 2. The monoisotopic (exact) mass is 474 g/mol. The van der Waals surface area contributed by atoms with Crippen molar-refractivity contribution in [2.45, 2.75) is 20.0 Å². The number of alkyl halides is 3. The first kappa shape index (κ1) is 23.9. The number of aryl methyl sites for hydroxylation is 1. The van der Waals surface area contributed by atoms with Crippen LogP contribution in [0.3, 0.4) is 0 Å². The first-order valence-corrected chi connectivity index (χ1v) is 10.7. The van der Waals surface area contributed by atoms with Gasteiger partial charge in [0.15, 0.2) is 5.69 Å². The van der Waals surface area contributed by atoms with Gasteiger partial charge in [-0.25, -0.2) is 4.39 Å². The second-order valence-corrected chi connectivity index (χ2v) is 8.36. The van der Waals surface area contributed by atoms with Crippen molar-refractivity contribution in [1.82, 2.24) is 9.78 Å². The number of benzene rings is 1. The summed E-state index contributed by atoms with van der Waals surface area (Å²) in [6, 6.07) is 2.06. The molecule has 1 aromatic carbocycles. The maximum Gasteiger partial charge on any atom is 0.434 e. The lowest BCUT2D eigenvalue weighted by Gasteiger charge is -2.13. The Hall–Kier alpha value is -1.38. The lowest BCUT2D eigenvalue weighted by molar-refractivity contribution is -0.143. The van der Waals surface area contributed by atoms with E-state index in [1.54, 1.807) is 13.8 Å². The van der Waals surface area contributed by atoms with Crippen molar-refractivity contribution in [2.24, 2.45) is 7.05 Å². The molecule has 0 saturated carbocycles. The molecule has 0 atom stereocenters. The minimum Gasteiger partial charge on any atom is -0.306 e. The summed E-state index contributed by atoms with van der Waals surface area (Å²) >= 11 is 11.9. The van der Waals surface area contributed by atoms with E-state index in [9.17, 15) is 22.1 Å². The largest absolute Gasteiger partial charge is 0.434 e. The number of halogens is 6. The van der Waals surface area contributed by atoms with Crippen LogP contribution in [0, 0.1) is 5.82 Å². The molecule has 0 N–H and O–H groups in total. The molecule has 5 nitrogen and oxygen atoms in total. The quantitative estimate of drug-likeness (QED) is 0.327. The Labute approximate surface area is 174 Å². The van der Waals surface area contributed by atoms with Crippen LogP contribution in [0.4, 0.5) is 17.6 Å². The van der Waals surface area contributed by atoms with Gasteiger partial charge >= 0.3 is 13.8 Å². The third-order valence-corrected chi connectivity index (χ3v) is 6.09. The summed E-state index contributed by atoms with van der Waals surface area (Å²) in [5.74, 6) is 0.225. The minimum absolute atomic E-state index is 0.0647. The van der Waals surface area contributed by atoms with Gasteiger partial charge in [0, 0.05) is 18.4 Å². The molecule has 0 aliphatic carbocycles. The van der Waals surface area contributed by atoms with Gasteiger partial charge in [-0.05, 0) is 37.6 Å². The molecule has 0 aliphatic heterocycles. The Morgan fingerprint density at radius 3 is 2.28 bits per heavy atom. The van der Waals surface area contributed by atoms with Gasteiger partial charge in [0.25, 0.3) is 0 Å². The molecule has 1 heterocycles. The summed E-state index contributed by atoms with van der Waals surface area (Å²) in [7, 11) is -2.52. The van der Waals surface area contributed by atoms with Crippen molar-refractivity contribution in [3.8, 4) is 11.3 Å². The van der Waals surface area contributed by atoms with E-state index in [2.05, 4.69) is 5.10 Å². The summed E-state index contributed by atoms with van der Waals surface area (Å²) in [5.41, 5.74) is -1.74. The zero-order chi connectivity index (χ0) is 22.0. The van der Waals surface area contributed by atoms with Gasteiger partial charge in [0.05, 0.1) is 23.3 Å². The molecular formula is C17H17Cl2F4N2O3P. The Kier molecular flexibility index (Phi) is 7.57. The first-order chi connectivity index (χ1) is 13.4. The van der Waals surface area contributed by atoms with Crippen molar-refractivity contribution in [3.63, 3.8) is 0 Å². The predicted octanol–water partition coefficient (Wildman–Crippen LogP) is 6.79. The van der Waals surface area contributed by atoms with Gasteiger partial charge in [0.1, 0.15) is 11.5 Å². The molecule has 0 spiro atoms. The highest BCUT2D eigenvalue weighted by Crippen LogP contribution is 2.50. The molecule has 0 saturated heterocycles. The standard InChI is InChI=1S/C17H17Cl2F4N2O3P/c1-4-27-29(26,28-5-2)7-6-10-8-11(13(20)9-12(10)18)15-14(19)16(17(21,22)23)25(3)24-15/h6-9H,4-5H2,1-3H3. The second-order valence-electron chi connectivity index (χ2n) is 5.68. The Morgan fingerprint density at radius 1 is 1.21 bits per heavy atom. The lowest BCUT2D eigenvalue weighted by atomic mass is 10.1. The van der Waals surface area contributed by atoms with Crippen LogP contribution in [0.1, 0.15) is 25.1 Å². The highest BCUT2D eigenvalue weighted by molar-refractivity contribution is 7.57. The van der Waals surface area contributed by atoms with Gasteiger partial charge in [-0.3, -0.25) is 9.25 Å². The van der Waals surface area contributed by atoms with Crippen molar-refractivity contribution in [1.29, 1.82) is 0 Å². The number of aromatic nitrogens is 2. The van der Waals surface area contributed by atoms with E-state index in [1.165, 1.54) is 6.08 Å². The van der Waals surface area contributed by atoms with Gasteiger partial charge < -0.3 is 9.05 Å². The molecule has 1 aromatic heterocycles. The van der Waals surface area contributed by atoms with Crippen LogP contribution < -0.4 is 0 Å². The average Bonchev–Trinajstić information content (AvgIpc) is 2.89. The molecule has 2 rings (SSSR count). The summed E-state index contributed by atoms with van der Waals surface area (Å²) in [6.07, 6.45) is -3.50. The van der Waals surface area contributed by atoms with E-state index in [0.29, 0.717) is 4.68 Å². The van der Waals surface area contributed by atoms with E-state index in [-0.39, 0.29) is 29.4 Å². The summed E-state index contributed by atoms with van der Waals surface area (Å²) in [4.78, 5) is 0. The fourth-order valence-corrected chi connectivity index (χ4v) is 4.40. The molecule has 0 aliphatic rings. The fourth-order valence-electron chi connectivity index (χ4n) is 2.51. The molecule has 0 fully saturated rings. The molecule has 2 aromatic rings. The lowest BCUT2D eigenvalue weighted by Crippen LogP contribution is -2.12. The average molecular weight is 475 g/mol. The highest BCUT2D eigenvalue weighted by atomic mass is 35.5. The number of hydrogen-bond donors (Lipinski definition) is 0. The molecule has 0 amide bonds. The van der Waals surface area contributed by atoms with Gasteiger partial charge in [-0.15, -0.1) is 0 Å². The van der Waals surface area contributed by atoms with Crippen LogP contribution in [-0.2, 0) is 26.8 Å². The minimum atomic E-state index is -4.77. The van der Waals surface area contributed by atoms with E-state index >= 15 is 0 Å². The molecule has 0 bridgehead atoms. The van der Waals surface area contributed by atoms with Gasteiger partial charge in [0.2, 0.25) is 0 Å². The van der Waals surface area contributed by atoms with E-state index in [0.717, 1.165) is 25.0 Å². The smallest absolute Gasteiger partial charge is 0.306 e. The summed E-state index contributed by atoms with van der Waals surface area (Å²) in [6.45, 7) is 3.50. The zero-order valence-corrected chi connectivity index (χ0v) is 18.0. The van der Waals surface area contributed by atoms with Gasteiger partial charge in [-0.2, -0.15) is 18.3 Å². The van der Waals surface area contributed by atoms with Crippen molar-refractivity contribution in [3.05, 3.63) is 45.1 Å². The van der Waals surface area contributed by atoms with E-state index in [1.807, 2.05) is 0 Å². The fraction of sp³-hybridized carbons (Fsp3) is 0.353.